The second kappa shape index (κ2) is 6.40. The Morgan fingerprint density at radius 1 is 1.40 bits per heavy atom. The van der Waals surface area contributed by atoms with Crippen molar-refractivity contribution in [1.29, 1.82) is 5.26 Å². The maximum atomic E-state index is 9.25. The maximum absolute atomic E-state index is 9.25. The number of anilines is 1. The third-order valence-electron chi connectivity index (χ3n) is 3.20. The van der Waals surface area contributed by atoms with Gasteiger partial charge in [0.2, 0.25) is 0 Å². The SMILES string of the molecule is CC(N)C(c1cc(Br)cs1)N(C)c1ccccc1C#N. The fourth-order valence-electron chi connectivity index (χ4n) is 2.31. The minimum atomic E-state index is -0.0442. The normalized spacial score (nSPS) is 13.6. The Kier molecular flexibility index (Phi) is 4.81. The highest BCUT2D eigenvalue weighted by atomic mass is 79.9. The molecular weight excluding hydrogens is 334 g/mol. The molecule has 0 bridgehead atoms. The van der Waals surface area contributed by atoms with Gasteiger partial charge in [0, 0.05) is 27.8 Å². The van der Waals surface area contributed by atoms with Crippen LogP contribution in [0.15, 0.2) is 40.2 Å². The molecule has 104 valence electrons. The summed E-state index contributed by atoms with van der Waals surface area (Å²) in [5.41, 5.74) is 7.74. The van der Waals surface area contributed by atoms with Gasteiger partial charge >= 0.3 is 0 Å². The van der Waals surface area contributed by atoms with E-state index >= 15 is 0 Å². The molecule has 0 fully saturated rings. The molecule has 0 saturated heterocycles. The molecule has 2 rings (SSSR count). The van der Waals surface area contributed by atoms with Crippen LogP contribution in [0.4, 0.5) is 5.69 Å². The van der Waals surface area contributed by atoms with Crippen LogP contribution in [0, 0.1) is 11.3 Å². The van der Waals surface area contributed by atoms with E-state index in [4.69, 9.17) is 5.73 Å². The summed E-state index contributed by atoms with van der Waals surface area (Å²) in [6.07, 6.45) is 0. The minimum Gasteiger partial charge on any atom is -0.364 e. The standard InChI is InChI=1S/C15H16BrN3S/c1-10(18)15(14-7-12(16)9-20-14)19(2)13-6-4-3-5-11(13)8-17/h3-7,9-10,15H,18H2,1-2H3. The number of para-hydroxylation sites is 1. The lowest BCUT2D eigenvalue weighted by atomic mass is 10.1. The van der Waals surface area contributed by atoms with E-state index in [9.17, 15) is 5.26 Å². The van der Waals surface area contributed by atoms with E-state index in [0.717, 1.165) is 10.2 Å². The van der Waals surface area contributed by atoms with Crippen LogP contribution in [0.2, 0.25) is 0 Å². The van der Waals surface area contributed by atoms with Crippen molar-refractivity contribution in [2.24, 2.45) is 5.73 Å². The summed E-state index contributed by atoms with van der Waals surface area (Å²) < 4.78 is 1.06. The van der Waals surface area contributed by atoms with E-state index in [2.05, 4.69) is 38.3 Å². The molecule has 2 N–H and O–H groups in total. The molecule has 2 unspecified atom stereocenters. The molecule has 0 spiro atoms. The quantitative estimate of drug-likeness (QED) is 0.910. The Balaban J connectivity index is 2.42. The summed E-state index contributed by atoms with van der Waals surface area (Å²) in [5.74, 6) is 0. The summed E-state index contributed by atoms with van der Waals surface area (Å²) >= 11 is 5.15. The molecule has 20 heavy (non-hydrogen) atoms. The predicted octanol–water partition coefficient (Wildman–Crippen LogP) is 3.91. The first-order valence-corrected chi connectivity index (χ1v) is 7.93. The number of nitriles is 1. The average Bonchev–Trinajstić information content (AvgIpc) is 2.84. The summed E-state index contributed by atoms with van der Waals surface area (Å²) in [4.78, 5) is 3.27. The van der Waals surface area contributed by atoms with Gasteiger partial charge in [-0.15, -0.1) is 11.3 Å². The van der Waals surface area contributed by atoms with Crippen LogP contribution >= 0.6 is 27.3 Å². The number of nitrogens with zero attached hydrogens (tertiary/aromatic N) is 2. The van der Waals surface area contributed by atoms with Crippen molar-refractivity contribution in [3.05, 3.63) is 50.6 Å². The Morgan fingerprint density at radius 2 is 2.10 bits per heavy atom. The molecule has 0 aliphatic carbocycles. The van der Waals surface area contributed by atoms with E-state index in [1.165, 1.54) is 4.88 Å². The summed E-state index contributed by atoms with van der Waals surface area (Å²) in [5, 5.41) is 11.3. The maximum Gasteiger partial charge on any atom is 0.101 e. The number of rotatable bonds is 4. The number of hydrogen-bond donors (Lipinski definition) is 1. The fourth-order valence-corrected chi connectivity index (χ4v) is 4.01. The first-order chi connectivity index (χ1) is 9.54. The predicted molar refractivity (Wildman–Crippen MR) is 88.0 cm³/mol. The van der Waals surface area contributed by atoms with Crippen LogP contribution in [-0.4, -0.2) is 13.1 Å². The molecule has 1 aromatic carbocycles. The van der Waals surface area contributed by atoms with Gasteiger partial charge in [0.1, 0.15) is 6.07 Å². The molecular formula is C15H16BrN3S. The smallest absolute Gasteiger partial charge is 0.101 e. The Morgan fingerprint density at radius 3 is 2.65 bits per heavy atom. The molecule has 0 amide bonds. The molecule has 1 aromatic heterocycles. The van der Waals surface area contributed by atoms with Crippen LogP contribution in [0.1, 0.15) is 23.4 Å². The van der Waals surface area contributed by atoms with Crippen LogP contribution in [0.5, 0.6) is 0 Å². The van der Waals surface area contributed by atoms with Crippen LogP contribution in [0.25, 0.3) is 0 Å². The van der Waals surface area contributed by atoms with E-state index in [1.807, 2.05) is 38.2 Å². The van der Waals surface area contributed by atoms with Gasteiger partial charge in [0.05, 0.1) is 17.3 Å². The van der Waals surface area contributed by atoms with Crippen molar-refractivity contribution < 1.29 is 0 Å². The van der Waals surface area contributed by atoms with Gasteiger partial charge in [-0.05, 0) is 41.1 Å². The molecule has 0 saturated carbocycles. The van der Waals surface area contributed by atoms with E-state index in [0.29, 0.717) is 5.56 Å². The summed E-state index contributed by atoms with van der Waals surface area (Å²) in [7, 11) is 1.98. The van der Waals surface area contributed by atoms with Crippen molar-refractivity contribution >= 4 is 33.0 Å². The molecule has 1 heterocycles. The van der Waals surface area contributed by atoms with Crippen LogP contribution < -0.4 is 10.6 Å². The average molecular weight is 350 g/mol. The van der Waals surface area contributed by atoms with Crippen molar-refractivity contribution in [3.63, 3.8) is 0 Å². The highest BCUT2D eigenvalue weighted by Gasteiger charge is 2.24. The Labute approximate surface area is 131 Å². The first kappa shape index (κ1) is 15.0. The first-order valence-electron chi connectivity index (χ1n) is 6.26. The number of benzene rings is 1. The van der Waals surface area contributed by atoms with Crippen molar-refractivity contribution in [2.75, 3.05) is 11.9 Å². The molecule has 2 aromatic rings. The van der Waals surface area contributed by atoms with E-state index in [1.54, 1.807) is 11.3 Å². The van der Waals surface area contributed by atoms with Crippen molar-refractivity contribution in [2.45, 2.75) is 19.0 Å². The molecule has 3 nitrogen and oxygen atoms in total. The van der Waals surface area contributed by atoms with Gasteiger partial charge < -0.3 is 10.6 Å². The van der Waals surface area contributed by atoms with Crippen molar-refractivity contribution in [3.8, 4) is 6.07 Å². The third-order valence-corrected chi connectivity index (χ3v) is 4.96. The van der Waals surface area contributed by atoms with Gasteiger partial charge in [-0.1, -0.05) is 12.1 Å². The topological polar surface area (TPSA) is 53.0 Å². The molecule has 2 atom stereocenters. The second-order valence-electron chi connectivity index (χ2n) is 4.71. The van der Waals surface area contributed by atoms with Crippen LogP contribution in [-0.2, 0) is 0 Å². The van der Waals surface area contributed by atoms with Crippen LogP contribution in [0.3, 0.4) is 0 Å². The molecule has 0 radical (unpaired) electrons. The van der Waals surface area contributed by atoms with Gasteiger partial charge in [0.25, 0.3) is 0 Å². The van der Waals surface area contributed by atoms with Crippen molar-refractivity contribution in [1.82, 2.24) is 0 Å². The minimum absolute atomic E-state index is 0.0424. The van der Waals surface area contributed by atoms with E-state index < -0.39 is 0 Å². The monoisotopic (exact) mass is 349 g/mol. The zero-order chi connectivity index (χ0) is 14.7. The largest absolute Gasteiger partial charge is 0.364 e. The van der Waals surface area contributed by atoms with Gasteiger partial charge in [-0.2, -0.15) is 5.26 Å². The fraction of sp³-hybridized carbons (Fsp3) is 0.267. The highest BCUT2D eigenvalue weighted by molar-refractivity contribution is 9.10. The third kappa shape index (κ3) is 3.04. The van der Waals surface area contributed by atoms with E-state index in [-0.39, 0.29) is 12.1 Å². The van der Waals surface area contributed by atoms with Gasteiger partial charge in [-0.3, -0.25) is 0 Å². The number of likely N-dealkylation sites (N-methyl/N-ethyl adjacent to an activating group) is 1. The second-order valence-corrected chi connectivity index (χ2v) is 6.57. The lowest BCUT2D eigenvalue weighted by molar-refractivity contribution is 0.566. The molecule has 0 aliphatic rings. The Hall–Kier alpha value is -1.35. The number of hydrogen-bond acceptors (Lipinski definition) is 4. The highest BCUT2D eigenvalue weighted by Crippen LogP contribution is 2.34. The zero-order valence-corrected chi connectivity index (χ0v) is 13.8. The van der Waals surface area contributed by atoms with Gasteiger partial charge in [-0.25, -0.2) is 0 Å². The summed E-state index contributed by atoms with van der Waals surface area (Å²) in [6.45, 7) is 1.99. The number of thiophene rings is 1. The zero-order valence-electron chi connectivity index (χ0n) is 11.4. The lowest BCUT2D eigenvalue weighted by Crippen LogP contribution is -2.37. The van der Waals surface area contributed by atoms with Gasteiger partial charge in [0.15, 0.2) is 0 Å². The molecule has 0 aliphatic heterocycles. The number of nitrogens with two attached hydrogens (primary N) is 1. The summed E-state index contributed by atoms with van der Waals surface area (Å²) in [6, 6.07) is 11.9. The Bertz CT molecular complexity index is 630. The molecule has 5 heteroatoms. The number of halogens is 1. The lowest BCUT2D eigenvalue weighted by Gasteiger charge is -2.32.